The van der Waals surface area contributed by atoms with Crippen LogP contribution in [0.25, 0.3) is 10.8 Å². The number of amides is 3. The third kappa shape index (κ3) is 4.04. The zero-order valence-electron chi connectivity index (χ0n) is 18.7. The van der Waals surface area contributed by atoms with Gasteiger partial charge in [0.15, 0.2) is 0 Å². The van der Waals surface area contributed by atoms with E-state index in [9.17, 15) is 14.0 Å². The number of carbonyl (C=O) groups excluding carboxylic acids is 2. The van der Waals surface area contributed by atoms with Crippen LogP contribution in [0, 0.1) is 5.82 Å². The van der Waals surface area contributed by atoms with Crippen molar-refractivity contribution in [3.63, 3.8) is 0 Å². The molecule has 0 spiro atoms. The van der Waals surface area contributed by atoms with Crippen LogP contribution in [0.15, 0.2) is 60.7 Å². The molecule has 33 heavy (non-hydrogen) atoms. The Hall–Kier alpha value is -3.45. The summed E-state index contributed by atoms with van der Waals surface area (Å²) >= 11 is 0. The van der Waals surface area contributed by atoms with Gasteiger partial charge in [0.2, 0.25) is 0 Å². The molecule has 2 fully saturated rings. The second-order valence-electron chi connectivity index (χ2n) is 8.96. The predicted octanol–water partition coefficient (Wildman–Crippen LogP) is 4.38. The van der Waals surface area contributed by atoms with Crippen molar-refractivity contribution in [2.75, 3.05) is 13.8 Å². The molecule has 1 aliphatic carbocycles. The summed E-state index contributed by atoms with van der Waals surface area (Å²) in [6.07, 6.45) is 2.05. The lowest BCUT2D eigenvalue weighted by atomic mass is 9.90. The standard InChI is InChI=1S/C26H26FN3O3/c1-26(20-7-5-19-14-23(33-2)12-6-18(19)13-20)24(31)30(25(32)28-26)16-29(22-10-11-22)15-17-3-8-21(27)9-4-17/h3-9,12-14,22H,10-11,15-16H2,1-2H3,(H,28,32)/t26-/m1/s1. The second kappa shape index (κ2) is 8.15. The van der Waals surface area contributed by atoms with E-state index < -0.39 is 11.6 Å². The summed E-state index contributed by atoms with van der Waals surface area (Å²) in [7, 11) is 1.62. The third-order valence-corrected chi connectivity index (χ3v) is 6.58. The van der Waals surface area contributed by atoms with Crippen LogP contribution in [0.4, 0.5) is 9.18 Å². The van der Waals surface area contributed by atoms with Crippen LogP contribution in [0.5, 0.6) is 5.75 Å². The Morgan fingerprint density at radius 1 is 1.06 bits per heavy atom. The lowest BCUT2D eigenvalue weighted by molar-refractivity contribution is -0.132. The summed E-state index contributed by atoms with van der Waals surface area (Å²) in [4.78, 5) is 29.8. The Kier molecular flexibility index (Phi) is 5.29. The molecule has 3 aromatic rings. The van der Waals surface area contributed by atoms with Crippen LogP contribution in [-0.4, -0.2) is 41.6 Å². The van der Waals surface area contributed by atoms with Crippen LogP contribution >= 0.6 is 0 Å². The fourth-order valence-corrected chi connectivity index (χ4v) is 4.42. The van der Waals surface area contributed by atoms with Crippen LogP contribution in [0.2, 0.25) is 0 Å². The van der Waals surface area contributed by atoms with Gasteiger partial charge in [-0.3, -0.25) is 9.69 Å². The highest BCUT2D eigenvalue weighted by molar-refractivity contribution is 6.07. The van der Waals surface area contributed by atoms with Gasteiger partial charge >= 0.3 is 6.03 Å². The van der Waals surface area contributed by atoms with Gasteiger partial charge in [-0.15, -0.1) is 0 Å². The molecule has 2 aliphatic rings. The number of nitrogens with zero attached hydrogens (tertiary/aromatic N) is 2. The van der Waals surface area contributed by atoms with Crippen molar-refractivity contribution in [1.82, 2.24) is 15.1 Å². The molecule has 1 N–H and O–H groups in total. The summed E-state index contributed by atoms with van der Waals surface area (Å²) in [6.45, 7) is 2.50. The SMILES string of the molecule is COc1ccc2cc([C@@]3(C)NC(=O)N(CN(Cc4ccc(F)cc4)C4CC4)C3=O)ccc2c1. The Labute approximate surface area is 191 Å². The van der Waals surface area contributed by atoms with Crippen LogP contribution in [0.3, 0.4) is 0 Å². The van der Waals surface area contributed by atoms with E-state index in [0.717, 1.165) is 40.5 Å². The van der Waals surface area contributed by atoms with Gasteiger partial charge < -0.3 is 10.1 Å². The Balaban J connectivity index is 1.38. The first-order valence-corrected chi connectivity index (χ1v) is 11.1. The second-order valence-corrected chi connectivity index (χ2v) is 8.96. The number of ether oxygens (including phenoxy) is 1. The third-order valence-electron chi connectivity index (χ3n) is 6.58. The van der Waals surface area contributed by atoms with Crippen molar-refractivity contribution < 1.29 is 18.7 Å². The Morgan fingerprint density at radius 3 is 2.45 bits per heavy atom. The number of methoxy groups -OCH3 is 1. The minimum atomic E-state index is -1.14. The van der Waals surface area contributed by atoms with E-state index in [1.54, 1.807) is 26.2 Å². The van der Waals surface area contributed by atoms with E-state index in [1.165, 1.54) is 17.0 Å². The van der Waals surface area contributed by atoms with E-state index in [-0.39, 0.29) is 18.4 Å². The number of nitrogens with one attached hydrogen (secondary N) is 1. The monoisotopic (exact) mass is 447 g/mol. The molecule has 1 atom stereocenters. The maximum atomic E-state index is 13.5. The first kappa shape index (κ1) is 21.4. The lowest BCUT2D eigenvalue weighted by Crippen LogP contribution is -2.44. The summed E-state index contributed by atoms with van der Waals surface area (Å²) in [5, 5.41) is 4.86. The van der Waals surface area contributed by atoms with Gasteiger partial charge in [-0.2, -0.15) is 0 Å². The largest absolute Gasteiger partial charge is 0.497 e. The quantitative estimate of drug-likeness (QED) is 0.546. The van der Waals surface area contributed by atoms with Crippen molar-refractivity contribution >= 4 is 22.7 Å². The lowest BCUT2D eigenvalue weighted by Gasteiger charge is -2.27. The zero-order valence-corrected chi connectivity index (χ0v) is 18.7. The number of hydrogen-bond acceptors (Lipinski definition) is 4. The number of urea groups is 1. The molecule has 6 nitrogen and oxygen atoms in total. The minimum absolute atomic E-state index is 0.201. The molecule has 0 unspecified atom stereocenters. The smallest absolute Gasteiger partial charge is 0.326 e. The first-order valence-electron chi connectivity index (χ1n) is 11.1. The van der Waals surface area contributed by atoms with Gasteiger partial charge in [0.05, 0.1) is 13.8 Å². The van der Waals surface area contributed by atoms with Gasteiger partial charge in [0.1, 0.15) is 17.1 Å². The highest BCUT2D eigenvalue weighted by Crippen LogP contribution is 2.34. The molecule has 1 saturated carbocycles. The average Bonchev–Trinajstić information content (AvgIpc) is 3.64. The predicted molar refractivity (Wildman–Crippen MR) is 123 cm³/mol. The number of imide groups is 1. The summed E-state index contributed by atoms with van der Waals surface area (Å²) in [6, 6.07) is 17.8. The number of rotatable bonds is 7. The zero-order chi connectivity index (χ0) is 23.2. The van der Waals surface area contributed by atoms with Gasteiger partial charge in [0, 0.05) is 12.6 Å². The number of carbonyl (C=O) groups is 2. The van der Waals surface area contributed by atoms with Crippen molar-refractivity contribution in [3.05, 3.63) is 77.6 Å². The maximum absolute atomic E-state index is 13.5. The van der Waals surface area contributed by atoms with Crippen molar-refractivity contribution in [2.45, 2.75) is 37.9 Å². The molecule has 5 rings (SSSR count). The maximum Gasteiger partial charge on any atom is 0.326 e. The molecule has 0 bridgehead atoms. The topological polar surface area (TPSA) is 61.9 Å². The van der Waals surface area contributed by atoms with E-state index >= 15 is 0 Å². The first-order chi connectivity index (χ1) is 15.9. The molecular weight excluding hydrogens is 421 g/mol. The van der Waals surface area contributed by atoms with Crippen molar-refractivity contribution in [2.24, 2.45) is 0 Å². The molecule has 170 valence electrons. The van der Waals surface area contributed by atoms with Crippen LogP contribution in [-0.2, 0) is 16.9 Å². The number of hydrogen-bond donors (Lipinski definition) is 1. The average molecular weight is 448 g/mol. The van der Waals surface area contributed by atoms with E-state index in [2.05, 4.69) is 10.2 Å². The summed E-state index contributed by atoms with van der Waals surface area (Å²) in [5.41, 5.74) is 0.539. The Bertz CT molecular complexity index is 1230. The molecule has 3 aromatic carbocycles. The number of halogens is 1. The minimum Gasteiger partial charge on any atom is -0.497 e. The van der Waals surface area contributed by atoms with Gasteiger partial charge in [-0.05, 0) is 72.0 Å². The fourth-order valence-electron chi connectivity index (χ4n) is 4.42. The van der Waals surface area contributed by atoms with Crippen molar-refractivity contribution in [1.29, 1.82) is 0 Å². The molecule has 0 radical (unpaired) electrons. The number of fused-ring (bicyclic) bond motifs is 1. The number of benzene rings is 3. The molecule has 0 aromatic heterocycles. The van der Waals surface area contributed by atoms with Crippen molar-refractivity contribution in [3.8, 4) is 5.75 Å². The molecule has 7 heteroatoms. The molecule has 1 saturated heterocycles. The van der Waals surface area contributed by atoms with Crippen LogP contribution < -0.4 is 10.1 Å². The molecule has 3 amide bonds. The highest BCUT2D eigenvalue weighted by Gasteiger charge is 2.50. The molecule has 1 heterocycles. The molecule has 1 aliphatic heterocycles. The van der Waals surface area contributed by atoms with Gasteiger partial charge in [0.25, 0.3) is 5.91 Å². The summed E-state index contributed by atoms with van der Waals surface area (Å²) < 4.78 is 18.6. The van der Waals surface area contributed by atoms with Gasteiger partial charge in [-0.1, -0.05) is 30.3 Å². The fraction of sp³-hybridized carbons (Fsp3) is 0.308. The molecular formula is C26H26FN3O3. The van der Waals surface area contributed by atoms with E-state index in [1.807, 2.05) is 36.4 Å². The normalized spacial score (nSPS) is 20.5. The van der Waals surface area contributed by atoms with Crippen LogP contribution in [0.1, 0.15) is 30.9 Å². The van der Waals surface area contributed by atoms with Gasteiger partial charge in [-0.25, -0.2) is 14.1 Å². The van der Waals surface area contributed by atoms with E-state index in [4.69, 9.17) is 4.74 Å². The summed E-state index contributed by atoms with van der Waals surface area (Å²) in [5.74, 6) is 0.208. The Morgan fingerprint density at radius 2 is 1.76 bits per heavy atom. The van der Waals surface area contributed by atoms with E-state index in [0.29, 0.717) is 12.6 Å². The highest BCUT2D eigenvalue weighted by atomic mass is 19.1.